The number of hydrogen-bond donors (Lipinski definition) is 0. The second kappa shape index (κ2) is 9.73. The Morgan fingerprint density at radius 3 is 2.50 bits per heavy atom. The fraction of sp³-hybridized carbons (Fsp3) is 0.765. The molecule has 0 fully saturated rings. The zero-order valence-corrected chi connectivity index (χ0v) is 13.7. The number of aryl methyl sites for hydroxylation is 1. The van der Waals surface area contributed by atoms with Gasteiger partial charge in [0.15, 0.2) is 0 Å². The van der Waals surface area contributed by atoms with Crippen LogP contribution >= 0.6 is 0 Å². The lowest BCUT2D eigenvalue weighted by Gasteiger charge is -2.29. The molecule has 0 bridgehead atoms. The fourth-order valence-corrected chi connectivity index (χ4v) is 2.44. The summed E-state index contributed by atoms with van der Waals surface area (Å²) in [7, 11) is 0. The Morgan fingerprint density at radius 1 is 1.10 bits per heavy atom. The average molecular weight is 277 g/mol. The van der Waals surface area contributed by atoms with E-state index in [4.69, 9.17) is 4.98 Å². The number of anilines is 1. The fourth-order valence-electron chi connectivity index (χ4n) is 2.44. The van der Waals surface area contributed by atoms with Crippen LogP contribution in [0.2, 0.25) is 0 Å². The van der Waals surface area contributed by atoms with Crippen LogP contribution in [0.4, 0.5) is 5.95 Å². The Hall–Kier alpha value is -1.12. The van der Waals surface area contributed by atoms with E-state index in [9.17, 15) is 0 Å². The van der Waals surface area contributed by atoms with Crippen molar-refractivity contribution >= 4 is 5.95 Å². The van der Waals surface area contributed by atoms with Crippen LogP contribution in [-0.2, 0) is 6.42 Å². The van der Waals surface area contributed by atoms with E-state index in [0.29, 0.717) is 6.04 Å². The molecular formula is C17H31N3. The van der Waals surface area contributed by atoms with Crippen molar-refractivity contribution in [3.63, 3.8) is 0 Å². The van der Waals surface area contributed by atoms with Crippen molar-refractivity contribution < 1.29 is 0 Å². The first-order valence-electron chi connectivity index (χ1n) is 8.31. The van der Waals surface area contributed by atoms with Gasteiger partial charge in [-0.3, -0.25) is 0 Å². The minimum Gasteiger partial charge on any atom is -0.338 e. The molecule has 0 saturated carbocycles. The summed E-state index contributed by atoms with van der Waals surface area (Å²) < 4.78 is 0. The number of rotatable bonds is 10. The van der Waals surface area contributed by atoms with Crippen molar-refractivity contribution in [3.05, 3.63) is 18.0 Å². The van der Waals surface area contributed by atoms with Gasteiger partial charge in [0.25, 0.3) is 0 Å². The van der Waals surface area contributed by atoms with Crippen LogP contribution in [0, 0.1) is 0 Å². The van der Waals surface area contributed by atoms with Crippen LogP contribution in [0.3, 0.4) is 0 Å². The molecule has 1 atom stereocenters. The third-order valence-corrected chi connectivity index (χ3v) is 3.73. The van der Waals surface area contributed by atoms with Crippen LogP contribution in [0.25, 0.3) is 0 Å². The highest BCUT2D eigenvalue weighted by Gasteiger charge is 2.16. The van der Waals surface area contributed by atoms with Crippen molar-refractivity contribution in [1.29, 1.82) is 0 Å². The maximum absolute atomic E-state index is 4.78. The molecule has 0 aliphatic rings. The molecule has 0 aliphatic carbocycles. The smallest absolute Gasteiger partial charge is 0.225 e. The molecule has 1 aromatic heterocycles. The molecule has 1 aromatic rings. The first-order valence-corrected chi connectivity index (χ1v) is 8.31. The summed E-state index contributed by atoms with van der Waals surface area (Å²) in [5, 5.41) is 0. The molecule has 3 nitrogen and oxygen atoms in total. The van der Waals surface area contributed by atoms with E-state index in [1.807, 2.05) is 6.20 Å². The van der Waals surface area contributed by atoms with E-state index in [0.717, 1.165) is 18.9 Å². The zero-order valence-electron chi connectivity index (χ0n) is 13.7. The average Bonchev–Trinajstić information content (AvgIpc) is 2.46. The highest BCUT2D eigenvalue weighted by atomic mass is 15.3. The third-order valence-electron chi connectivity index (χ3n) is 3.73. The molecule has 114 valence electrons. The SMILES string of the molecule is CCCCc1ccnc(N(CCCC)C(C)CCC)n1. The Bertz CT molecular complexity index is 365. The van der Waals surface area contributed by atoms with E-state index >= 15 is 0 Å². The predicted molar refractivity (Wildman–Crippen MR) is 87.3 cm³/mol. The van der Waals surface area contributed by atoms with Gasteiger partial charge in [0.05, 0.1) is 0 Å². The molecule has 0 aliphatic heterocycles. The van der Waals surface area contributed by atoms with Gasteiger partial charge < -0.3 is 4.90 Å². The lowest BCUT2D eigenvalue weighted by molar-refractivity contribution is 0.554. The highest BCUT2D eigenvalue weighted by molar-refractivity contribution is 5.31. The minimum atomic E-state index is 0.521. The molecule has 0 radical (unpaired) electrons. The normalized spacial score (nSPS) is 12.4. The van der Waals surface area contributed by atoms with E-state index < -0.39 is 0 Å². The van der Waals surface area contributed by atoms with Gasteiger partial charge in [-0.05, 0) is 38.7 Å². The first-order chi connectivity index (χ1) is 9.72. The summed E-state index contributed by atoms with van der Waals surface area (Å²) in [5.74, 6) is 0.924. The number of nitrogens with zero attached hydrogens (tertiary/aromatic N) is 3. The molecule has 1 heterocycles. The summed E-state index contributed by atoms with van der Waals surface area (Å²) in [4.78, 5) is 11.7. The van der Waals surface area contributed by atoms with E-state index in [1.165, 1.54) is 44.2 Å². The van der Waals surface area contributed by atoms with Gasteiger partial charge in [-0.25, -0.2) is 9.97 Å². The Labute approximate surface area is 124 Å². The summed E-state index contributed by atoms with van der Waals surface area (Å²) in [6.45, 7) is 10.1. The van der Waals surface area contributed by atoms with Crippen LogP contribution in [0.5, 0.6) is 0 Å². The molecule has 0 aromatic carbocycles. The monoisotopic (exact) mass is 277 g/mol. The number of unbranched alkanes of at least 4 members (excludes halogenated alkanes) is 2. The summed E-state index contributed by atoms with van der Waals surface area (Å²) >= 11 is 0. The zero-order chi connectivity index (χ0) is 14.8. The van der Waals surface area contributed by atoms with Gasteiger partial charge >= 0.3 is 0 Å². The van der Waals surface area contributed by atoms with Crippen molar-refractivity contribution in [2.45, 2.75) is 78.7 Å². The summed E-state index contributed by atoms with van der Waals surface area (Å²) in [6.07, 6.45) is 10.2. The standard InChI is InChI=1S/C17H31N3/c1-5-8-11-16-12-13-18-17(19-16)20(14-9-6-2)15(4)10-7-3/h12-13,15H,5-11,14H2,1-4H3. The third kappa shape index (κ3) is 5.48. The topological polar surface area (TPSA) is 29.0 Å². The Kier molecular flexibility index (Phi) is 8.24. The summed E-state index contributed by atoms with van der Waals surface area (Å²) in [5.41, 5.74) is 1.18. The van der Waals surface area contributed by atoms with Gasteiger partial charge in [0, 0.05) is 24.5 Å². The van der Waals surface area contributed by atoms with E-state index in [1.54, 1.807) is 0 Å². The van der Waals surface area contributed by atoms with Crippen molar-refractivity contribution in [2.75, 3.05) is 11.4 Å². The van der Waals surface area contributed by atoms with Gasteiger partial charge in [-0.1, -0.05) is 40.0 Å². The van der Waals surface area contributed by atoms with Crippen molar-refractivity contribution in [2.24, 2.45) is 0 Å². The second-order valence-corrected chi connectivity index (χ2v) is 5.64. The maximum Gasteiger partial charge on any atom is 0.225 e. The molecule has 1 unspecified atom stereocenters. The number of hydrogen-bond acceptors (Lipinski definition) is 3. The molecular weight excluding hydrogens is 246 g/mol. The lowest BCUT2D eigenvalue weighted by atomic mass is 10.1. The number of aromatic nitrogens is 2. The van der Waals surface area contributed by atoms with Crippen LogP contribution in [0.1, 0.15) is 71.9 Å². The molecule has 0 saturated heterocycles. The quantitative estimate of drug-likeness (QED) is 0.625. The maximum atomic E-state index is 4.78. The molecule has 0 N–H and O–H groups in total. The van der Waals surface area contributed by atoms with Crippen molar-refractivity contribution in [3.8, 4) is 0 Å². The Morgan fingerprint density at radius 2 is 1.85 bits per heavy atom. The second-order valence-electron chi connectivity index (χ2n) is 5.64. The van der Waals surface area contributed by atoms with Crippen molar-refractivity contribution in [1.82, 2.24) is 9.97 Å². The largest absolute Gasteiger partial charge is 0.338 e. The van der Waals surface area contributed by atoms with Gasteiger partial charge in [0.2, 0.25) is 5.95 Å². The van der Waals surface area contributed by atoms with E-state index in [2.05, 4.69) is 43.6 Å². The van der Waals surface area contributed by atoms with Crippen LogP contribution < -0.4 is 4.90 Å². The predicted octanol–water partition coefficient (Wildman–Crippen LogP) is 4.61. The Balaban J connectivity index is 2.82. The molecule has 20 heavy (non-hydrogen) atoms. The van der Waals surface area contributed by atoms with Gasteiger partial charge in [-0.2, -0.15) is 0 Å². The molecule has 3 heteroatoms. The summed E-state index contributed by atoms with van der Waals surface area (Å²) in [6, 6.07) is 2.58. The minimum absolute atomic E-state index is 0.521. The first kappa shape index (κ1) is 16.9. The molecule has 0 spiro atoms. The van der Waals surface area contributed by atoms with E-state index in [-0.39, 0.29) is 0 Å². The molecule has 0 amide bonds. The van der Waals surface area contributed by atoms with Gasteiger partial charge in [0.1, 0.15) is 0 Å². The van der Waals surface area contributed by atoms with Crippen LogP contribution in [0.15, 0.2) is 12.3 Å². The molecule has 1 rings (SSSR count). The van der Waals surface area contributed by atoms with Gasteiger partial charge in [-0.15, -0.1) is 0 Å². The highest BCUT2D eigenvalue weighted by Crippen LogP contribution is 2.16. The lowest BCUT2D eigenvalue weighted by Crippen LogP contribution is -2.35. The van der Waals surface area contributed by atoms with Crippen LogP contribution in [-0.4, -0.2) is 22.6 Å².